The van der Waals surface area contributed by atoms with Crippen molar-refractivity contribution in [1.29, 1.82) is 0 Å². The number of halogens is 2. The van der Waals surface area contributed by atoms with E-state index >= 15 is 0 Å². The van der Waals surface area contributed by atoms with Gasteiger partial charge in [0.25, 0.3) is 0 Å². The molecule has 1 aliphatic heterocycles. The van der Waals surface area contributed by atoms with Gasteiger partial charge in [-0.1, -0.05) is 13.0 Å². The Morgan fingerprint density at radius 1 is 1.22 bits per heavy atom. The lowest BCUT2D eigenvalue weighted by molar-refractivity contribution is 0.0165. The summed E-state index contributed by atoms with van der Waals surface area (Å²) in [6.07, 6.45) is -0.393. The van der Waals surface area contributed by atoms with Crippen molar-refractivity contribution in [1.82, 2.24) is 9.80 Å². The van der Waals surface area contributed by atoms with Crippen molar-refractivity contribution >= 4 is 0 Å². The van der Waals surface area contributed by atoms with Crippen LogP contribution < -0.4 is 0 Å². The summed E-state index contributed by atoms with van der Waals surface area (Å²) in [6, 6.07) is 3.57. The van der Waals surface area contributed by atoms with Gasteiger partial charge in [-0.15, -0.1) is 0 Å². The van der Waals surface area contributed by atoms with Crippen molar-refractivity contribution < 1.29 is 19.0 Å². The Labute approximate surface area is 136 Å². The van der Waals surface area contributed by atoms with Crippen LogP contribution in [0.25, 0.3) is 0 Å². The number of nitrogens with zero attached hydrogens (tertiary/aromatic N) is 2. The Kier molecular flexibility index (Phi) is 6.47. The third-order valence-corrected chi connectivity index (χ3v) is 4.41. The van der Waals surface area contributed by atoms with Crippen LogP contribution in [0, 0.1) is 11.6 Å². The molecule has 6 heteroatoms. The Balaban J connectivity index is 1.95. The van der Waals surface area contributed by atoms with Crippen LogP contribution in [-0.2, 0) is 0 Å². The Morgan fingerprint density at radius 3 is 2.57 bits per heavy atom. The number of rotatable bonds is 6. The zero-order valence-electron chi connectivity index (χ0n) is 13.8. The molecule has 3 atom stereocenters. The van der Waals surface area contributed by atoms with E-state index in [1.807, 2.05) is 0 Å². The SMILES string of the molecule is CC[C@@H]1CN(C[C@H](O)c2ccc(F)cc2F)CCN1C[C@H](C)O. The smallest absolute Gasteiger partial charge is 0.131 e. The first-order valence-electron chi connectivity index (χ1n) is 8.18. The second-order valence-corrected chi connectivity index (χ2v) is 6.35. The lowest BCUT2D eigenvalue weighted by Gasteiger charge is -2.42. The molecular formula is C17H26F2N2O2. The molecule has 0 radical (unpaired) electrons. The van der Waals surface area contributed by atoms with E-state index in [9.17, 15) is 19.0 Å². The molecular weight excluding hydrogens is 302 g/mol. The molecule has 2 rings (SSSR count). The number of aliphatic hydroxyl groups is 2. The molecule has 1 aliphatic rings. The molecule has 0 spiro atoms. The van der Waals surface area contributed by atoms with Crippen molar-refractivity contribution in [3.05, 3.63) is 35.4 Å². The predicted octanol–water partition coefficient (Wildman–Crippen LogP) is 1.78. The first-order chi connectivity index (χ1) is 10.9. The summed E-state index contributed by atoms with van der Waals surface area (Å²) in [5.74, 6) is -1.35. The van der Waals surface area contributed by atoms with Crippen LogP contribution in [0.1, 0.15) is 31.9 Å². The minimum absolute atomic E-state index is 0.130. The fourth-order valence-corrected chi connectivity index (χ4v) is 3.20. The molecule has 1 aromatic carbocycles. The highest BCUT2D eigenvalue weighted by Gasteiger charge is 2.28. The third kappa shape index (κ3) is 4.94. The second-order valence-electron chi connectivity index (χ2n) is 6.35. The minimum Gasteiger partial charge on any atom is -0.392 e. The molecule has 0 saturated carbocycles. The van der Waals surface area contributed by atoms with Crippen LogP contribution in [0.5, 0.6) is 0 Å². The van der Waals surface area contributed by atoms with Gasteiger partial charge in [-0.25, -0.2) is 8.78 Å². The van der Waals surface area contributed by atoms with E-state index in [1.165, 1.54) is 6.07 Å². The molecule has 23 heavy (non-hydrogen) atoms. The molecule has 1 heterocycles. The number of hydrogen-bond acceptors (Lipinski definition) is 4. The maximum absolute atomic E-state index is 13.7. The van der Waals surface area contributed by atoms with Crippen molar-refractivity contribution in [2.75, 3.05) is 32.7 Å². The summed E-state index contributed by atoms with van der Waals surface area (Å²) in [5, 5.41) is 19.8. The molecule has 0 bridgehead atoms. The van der Waals surface area contributed by atoms with E-state index in [1.54, 1.807) is 6.92 Å². The van der Waals surface area contributed by atoms with Crippen molar-refractivity contribution in [2.24, 2.45) is 0 Å². The van der Waals surface area contributed by atoms with Gasteiger partial charge in [-0.3, -0.25) is 9.80 Å². The van der Waals surface area contributed by atoms with E-state index in [0.29, 0.717) is 19.1 Å². The average molecular weight is 328 g/mol. The van der Waals surface area contributed by atoms with Gasteiger partial charge in [0.2, 0.25) is 0 Å². The summed E-state index contributed by atoms with van der Waals surface area (Å²) < 4.78 is 26.7. The summed E-state index contributed by atoms with van der Waals surface area (Å²) in [5.41, 5.74) is 0.130. The number of benzene rings is 1. The highest BCUT2D eigenvalue weighted by Crippen LogP contribution is 2.21. The highest BCUT2D eigenvalue weighted by atomic mass is 19.1. The summed E-state index contributed by atoms with van der Waals surface area (Å²) in [6.45, 7) is 7.16. The van der Waals surface area contributed by atoms with Crippen LogP contribution in [0.3, 0.4) is 0 Å². The van der Waals surface area contributed by atoms with Gasteiger partial charge in [-0.2, -0.15) is 0 Å². The zero-order valence-corrected chi connectivity index (χ0v) is 13.8. The first-order valence-corrected chi connectivity index (χ1v) is 8.18. The van der Waals surface area contributed by atoms with Crippen LogP contribution >= 0.6 is 0 Å². The topological polar surface area (TPSA) is 46.9 Å². The fraction of sp³-hybridized carbons (Fsp3) is 0.647. The van der Waals surface area contributed by atoms with Crippen LogP contribution in [-0.4, -0.2) is 64.9 Å². The molecule has 1 fully saturated rings. The van der Waals surface area contributed by atoms with E-state index < -0.39 is 17.7 Å². The van der Waals surface area contributed by atoms with Gasteiger partial charge >= 0.3 is 0 Å². The molecule has 4 nitrogen and oxygen atoms in total. The molecule has 0 aromatic heterocycles. The quantitative estimate of drug-likeness (QED) is 0.836. The van der Waals surface area contributed by atoms with Crippen molar-refractivity contribution in [2.45, 2.75) is 38.5 Å². The van der Waals surface area contributed by atoms with E-state index in [4.69, 9.17) is 0 Å². The van der Waals surface area contributed by atoms with Crippen LogP contribution in [0.4, 0.5) is 8.78 Å². The molecule has 0 aliphatic carbocycles. The average Bonchev–Trinajstić information content (AvgIpc) is 2.48. The minimum atomic E-state index is -0.976. The molecule has 1 aromatic rings. The van der Waals surface area contributed by atoms with E-state index in [0.717, 1.165) is 38.2 Å². The summed E-state index contributed by atoms with van der Waals surface area (Å²) >= 11 is 0. The molecule has 130 valence electrons. The lowest BCUT2D eigenvalue weighted by atomic mass is 10.1. The largest absolute Gasteiger partial charge is 0.392 e. The summed E-state index contributed by atoms with van der Waals surface area (Å²) in [7, 11) is 0. The summed E-state index contributed by atoms with van der Waals surface area (Å²) in [4.78, 5) is 4.35. The highest BCUT2D eigenvalue weighted by molar-refractivity contribution is 5.21. The van der Waals surface area contributed by atoms with E-state index in [-0.39, 0.29) is 11.7 Å². The Morgan fingerprint density at radius 2 is 1.96 bits per heavy atom. The molecule has 2 N–H and O–H groups in total. The predicted molar refractivity (Wildman–Crippen MR) is 85.1 cm³/mol. The van der Waals surface area contributed by atoms with Crippen LogP contribution in [0.15, 0.2) is 18.2 Å². The third-order valence-electron chi connectivity index (χ3n) is 4.41. The molecule has 1 saturated heterocycles. The standard InChI is InChI=1S/C17H26F2N2O2/c1-3-14-10-20(6-7-21(14)9-12(2)22)11-17(23)15-5-4-13(18)8-16(15)19/h4-5,8,12,14,17,22-23H,3,6-7,9-11H2,1-2H3/t12-,14+,17-/m0/s1. The van der Waals surface area contributed by atoms with Gasteiger partial charge in [0.05, 0.1) is 12.2 Å². The molecule has 0 unspecified atom stereocenters. The fourth-order valence-electron chi connectivity index (χ4n) is 3.20. The maximum Gasteiger partial charge on any atom is 0.131 e. The maximum atomic E-state index is 13.7. The van der Waals surface area contributed by atoms with Gasteiger partial charge in [0, 0.05) is 50.4 Å². The number of aliphatic hydroxyl groups excluding tert-OH is 2. The first kappa shape index (κ1) is 18.3. The van der Waals surface area contributed by atoms with Gasteiger partial charge in [0.1, 0.15) is 11.6 Å². The van der Waals surface area contributed by atoms with Gasteiger partial charge in [-0.05, 0) is 19.4 Å². The number of hydrogen-bond donors (Lipinski definition) is 2. The number of β-amino-alcohol motifs (C(OH)–C–C–N with tert-alkyl or cyclic N) is 2. The second kappa shape index (κ2) is 8.15. The van der Waals surface area contributed by atoms with Crippen LogP contribution in [0.2, 0.25) is 0 Å². The number of piperazine rings is 1. The van der Waals surface area contributed by atoms with E-state index in [2.05, 4.69) is 16.7 Å². The van der Waals surface area contributed by atoms with Gasteiger partial charge in [0.15, 0.2) is 0 Å². The molecule has 0 amide bonds. The van der Waals surface area contributed by atoms with Crippen molar-refractivity contribution in [3.8, 4) is 0 Å². The zero-order chi connectivity index (χ0) is 17.0. The Hall–Kier alpha value is -1.08. The normalized spacial score (nSPS) is 23.0. The monoisotopic (exact) mass is 328 g/mol. The Bertz CT molecular complexity index is 513. The lowest BCUT2D eigenvalue weighted by Crippen LogP contribution is -2.55. The van der Waals surface area contributed by atoms with Gasteiger partial charge < -0.3 is 10.2 Å². The van der Waals surface area contributed by atoms with Crippen molar-refractivity contribution in [3.63, 3.8) is 0 Å².